The fraction of sp³-hybridized carbons (Fsp3) is 0.500. The highest BCUT2D eigenvalue weighted by Crippen LogP contribution is 2.35. The fourth-order valence-corrected chi connectivity index (χ4v) is 10.5. The van der Waals surface area contributed by atoms with Gasteiger partial charge in [0, 0.05) is 43.5 Å². The van der Waals surface area contributed by atoms with E-state index in [2.05, 4.69) is 5.32 Å². The highest BCUT2D eigenvalue weighted by Gasteiger charge is 2.51. The normalized spacial score (nSPS) is 18.5. The summed E-state index contributed by atoms with van der Waals surface area (Å²) in [5.41, 5.74) is 0.523. The molecule has 3 fully saturated rings. The van der Waals surface area contributed by atoms with Crippen LogP contribution in [0.1, 0.15) is 126 Å². The molecule has 3 aliphatic rings. The van der Waals surface area contributed by atoms with E-state index < -0.39 is 33.5 Å². The third-order valence-corrected chi connectivity index (χ3v) is 13.9. The quantitative estimate of drug-likeness (QED) is 0.105. The average molecular weight is 828 g/mol. The zero-order valence-corrected chi connectivity index (χ0v) is 35.1. The molecule has 2 aliphatic carbocycles. The Labute approximate surface area is 348 Å². The molecule has 3 aromatic rings. The molecule has 3 aromatic carbocycles. The number of amides is 3. The zero-order valence-electron chi connectivity index (χ0n) is 34.3. The molecule has 3 amide bonds. The SMILES string of the molecule is CCCC(=O)N(C(=O)CCC1CCCC1)S(=O)(=O)c1ccccc1-c1ccc(CNC2(C(=O)OC)CCCN2C(=O)c2ccc(OC(=O)CCC3CCCC3)cc2)cc1. The van der Waals surface area contributed by atoms with Crippen LogP contribution in [0.15, 0.2) is 77.7 Å². The van der Waals surface area contributed by atoms with Crippen molar-refractivity contribution in [2.75, 3.05) is 13.7 Å². The molecule has 0 bridgehead atoms. The molecule has 1 heterocycles. The smallest absolute Gasteiger partial charge is 0.347 e. The van der Waals surface area contributed by atoms with Gasteiger partial charge >= 0.3 is 11.9 Å². The largest absolute Gasteiger partial charge is 0.466 e. The molecule has 13 heteroatoms. The summed E-state index contributed by atoms with van der Waals surface area (Å²) in [6, 6.07) is 19.8. The van der Waals surface area contributed by atoms with Gasteiger partial charge < -0.3 is 14.4 Å². The highest BCUT2D eigenvalue weighted by molar-refractivity contribution is 7.90. The number of sulfonamides is 1. The number of methoxy groups -OCH3 is 1. The summed E-state index contributed by atoms with van der Waals surface area (Å²) in [6.45, 7) is 2.25. The van der Waals surface area contributed by atoms with Crippen molar-refractivity contribution in [3.05, 3.63) is 83.9 Å². The van der Waals surface area contributed by atoms with Crippen LogP contribution in [-0.2, 0) is 40.5 Å². The van der Waals surface area contributed by atoms with Gasteiger partial charge in [0.1, 0.15) is 5.75 Å². The van der Waals surface area contributed by atoms with E-state index in [4.69, 9.17) is 9.47 Å². The van der Waals surface area contributed by atoms with E-state index in [0.717, 1.165) is 50.5 Å². The maximum Gasteiger partial charge on any atom is 0.347 e. The number of imide groups is 1. The first-order valence-corrected chi connectivity index (χ1v) is 22.7. The van der Waals surface area contributed by atoms with Gasteiger partial charge in [0.05, 0.1) is 12.0 Å². The summed E-state index contributed by atoms with van der Waals surface area (Å²) in [5, 5.41) is 3.30. The molecule has 1 saturated heterocycles. The van der Waals surface area contributed by atoms with Crippen molar-refractivity contribution in [1.82, 2.24) is 14.5 Å². The van der Waals surface area contributed by atoms with Gasteiger partial charge in [0.2, 0.25) is 11.8 Å². The van der Waals surface area contributed by atoms with E-state index in [9.17, 15) is 32.4 Å². The summed E-state index contributed by atoms with van der Waals surface area (Å²) in [5.74, 6) is -1.43. The van der Waals surface area contributed by atoms with Gasteiger partial charge in [-0.25, -0.2) is 13.2 Å². The number of nitrogens with one attached hydrogen (secondary N) is 1. The van der Waals surface area contributed by atoms with Crippen LogP contribution in [0.4, 0.5) is 0 Å². The predicted octanol–water partition coefficient (Wildman–Crippen LogP) is 7.94. The van der Waals surface area contributed by atoms with Crippen molar-refractivity contribution in [1.29, 1.82) is 0 Å². The molecular weight excluding hydrogens is 771 g/mol. The van der Waals surface area contributed by atoms with Crippen LogP contribution in [0, 0.1) is 11.8 Å². The molecule has 0 radical (unpaired) electrons. The van der Waals surface area contributed by atoms with Crippen LogP contribution in [0.25, 0.3) is 11.1 Å². The first-order chi connectivity index (χ1) is 28.5. The molecule has 1 N–H and O–H groups in total. The second kappa shape index (κ2) is 19.9. The number of esters is 2. The molecule has 59 heavy (non-hydrogen) atoms. The van der Waals surface area contributed by atoms with Crippen LogP contribution in [-0.4, -0.2) is 66.6 Å². The maximum absolute atomic E-state index is 14.2. The fourth-order valence-electron chi connectivity index (χ4n) is 8.89. The summed E-state index contributed by atoms with van der Waals surface area (Å²) in [7, 11) is -3.26. The first kappa shape index (κ1) is 43.7. The van der Waals surface area contributed by atoms with Crippen molar-refractivity contribution >= 4 is 39.7 Å². The summed E-state index contributed by atoms with van der Waals surface area (Å²) in [6.07, 6.45) is 11.9. The second-order valence-electron chi connectivity index (χ2n) is 16.1. The lowest BCUT2D eigenvalue weighted by Crippen LogP contribution is -2.62. The summed E-state index contributed by atoms with van der Waals surface area (Å²) in [4.78, 5) is 68.0. The van der Waals surface area contributed by atoms with Crippen LogP contribution in [0.2, 0.25) is 0 Å². The van der Waals surface area contributed by atoms with Crippen LogP contribution in [0.3, 0.4) is 0 Å². The van der Waals surface area contributed by atoms with E-state index in [1.807, 2.05) is 0 Å². The van der Waals surface area contributed by atoms with Crippen molar-refractivity contribution in [3.8, 4) is 16.9 Å². The number of likely N-dealkylation sites (tertiary alicyclic amines) is 1. The predicted molar refractivity (Wildman–Crippen MR) is 222 cm³/mol. The topological polar surface area (TPSA) is 156 Å². The first-order valence-electron chi connectivity index (χ1n) is 21.2. The number of benzene rings is 3. The van der Waals surface area contributed by atoms with Crippen molar-refractivity contribution in [3.63, 3.8) is 0 Å². The Balaban J connectivity index is 1.15. The Morgan fingerprint density at radius 3 is 2.02 bits per heavy atom. The lowest BCUT2D eigenvalue weighted by Gasteiger charge is -2.36. The molecule has 316 valence electrons. The number of carbonyl (C=O) groups is 5. The lowest BCUT2D eigenvalue weighted by atomic mass is 10.0. The Hall–Kier alpha value is -4.88. The molecule has 2 saturated carbocycles. The molecule has 1 atom stereocenters. The van der Waals surface area contributed by atoms with Gasteiger partial charge in [-0.05, 0) is 85.4 Å². The van der Waals surface area contributed by atoms with E-state index in [1.165, 1.54) is 30.9 Å². The molecule has 12 nitrogen and oxygen atoms in total. The zero-order chi connectivity index (χ0) is 42.0. The van der Waals surface area contributed by atoms with Crippen molar-refractivity contribution in [2.24, 2.45) is 11.8 Å². The minimum absolute atomic E-state index is 0.0109. The minimum Gasteiger partial charge on any atom is -0.466 e. The van der Waals surface area contributed by atoms with Gasteiger partial charge in [0.25, 0.3) is 15.9 Å². The highest BCUT2D eigenvalue weighted by atomic mass is 32.2. The summed E-state index contributed by atoms with van der Waals surface area (Å²) >= 11 is 0. The monoisotopic (exact) mass is 827 g/mol. The maximum atomic E-state index is 14.2. The number of nitrogens with zero attached hydrogens (tertiary/aromatic N) is 2. The van der Waals surface area contributed by atoms with Gasteiger partial charge in [-0.3, -0.25) is 24.5 Å². The molecule has 0 spiro atoms. The average Bonchev–Trinajstić information content (AvgIpc) is 4.05. The summed E-state index contributed by atoms with van der Waals surface area (Å²) < 4.78 is 39.7. The molecule has 0 aromatic heterocycles. The van der Waals surface area contributed by atoms with E-state index in [0.29, 0.717) is 77.2 Å². The number of hydrogen-bond acceptors (Lipinski definition) is 10. The van der Waals surface area contributed by atoms with E-state index >= 15 is 0 Å². The number of carbonyl (C=O) groups excluding carboxylic acids is 5. The Bertz CT molecular complexity index is 2070. The minimum atomic E-state index is -4.54. The van der Waals surface area contributed by atoms with Crippen molar-refractivity contribution < 1.29 is 41.9 Å². The van der Waals surface area contributed by atoms with Crippen LogP contribution in [0.5, 0.6) is 5.75 Å². The second-order valence-corrected chi connectivity index (χ2v) is 17.9. The number of rotatable bonds is 17. The van der Waals surface area contributed by atoms with E-state index in [-0.39, 0.29) is 36.2 Å². The molecule has 1 unspecified atom stereocenters. The molecule has 1 aliphatic heterocycles. The third kappa shape index (κ3) is 10.3. The molecule has 6 rings (SSSR count). The van der Waals surface area contributed by atoms with Gasteiger partial charge in [-0.15, -0.1) is 0 Å². The van der Waals surface area contributed by atoms with Gasteiger partial charge in [0.15, 0.2) is 5.66 Å². The van der Waals surface area contributed by atoms with Crippen LogP contribution < -0.4 is 10.1 Å². The van der Waals surface area contributed by atoms with Gasteiger partial charge in [-0.1, -0.05) is 101 Å². The van der Waals surface area contributed by atoms with Gasteiger partial charge in [-0.2, -0.15) is 4.31 Å². The Kier molecular flexibility index (Phi) is 14.7. The van der Waals surface area contributed by atoms with E-state index in [1.54, 1.807) is 73.7 Å². The third-order valence-electron chi connectivity index (χ3n) is 12.1. The Morgan fingerprint density at radius 2 is 1.39 bits per heavy atom. The van der Waals surface area contributed by atoms with Crippen molar-refractivity contribution in [2.45, 2.75) is 127 Å². The Morgan fingerprint density at radius 1 is 0.780 bits per heavy atom. The van der Waals surface area contributed by atoms with Crippen LogP contribution >= 0.6 is 0 Å². The molecular formula is C46H57N3O9S. The number of ether oxygens (including phenoxy) is 2. The number of hydrogen-bond donors (Lipinski definition) is 1. The lowest BCUT2D eigenvalue weighted by molar-refractivity contribution is -0.154. The standard InChI is InChI=1S/C46H57N3O9S/c1-3-11-41(50)49(42(51)28-20-33-12-4-5-13-33)59(55,56)40-17-9-8-16-39(40)36-22-18-35(19-23-36)32-47-46(45(54)57-2)30-10-31-48(46)44(53)37-24-26-38(27-25-37)58-43(52)29-21-34-14-6-7-15-34/h8-9,16-19,22-27,33-34,47H,3-7,10-15,20-21,28-32H2,1-2H3.